The first-order valence-corrected chi connectivity index (χ1v) is 5.38. The van der Waals surface area contributed by atoms with Crippen molar-refractivity contribution in [1.29, 1.82) is 0 Å². The van der Waals surface area contributed by atoms with Gasteiger partial charge in [0.1, 0.15) is 5.82 Å². The number of piperidine rings is 1. The molecule has 3 nitrogen and oxygen atoms in total. The van der Waals surface area contributed by atoms with Crippen molar-refractivity contribution in [3.05, 3.63) is 23.9 Å². The monoisotopic (exact) mass is 203 g/mol. The second-order valence-electron chi connectivity index (χ2n) is 3.92. The van der Waals surface area contributed by atoms with E-state index in [0.717, 1.165) is 24.5 Å². The predicted molar refractivity (Wildman–Crippen MR) is 64.9 cm³/mol. The van der Waals surface area contributed by atoms with E-state index in [1.165, 1.54) is 18.5 Å². The summed E-state index contributed by atoms with van der Waals surface area (Å²) >= 11 is 0. The lowest BCUT2D eigenvalue weighted by Gasteiger charge is -2.21. The molecule has 15 heavy (non-hydrogen) atoms. The topological polar surface area (TPSA) is 40.2 Å². The second kappa shape index (κ2) is 4.45. The van der Waals surface area contributed by atoms with E-state index >= 15 is 0 Å². The van der Waals surface area contributed by atoms with Crippen LogP contribution < -0.4 is 5.32 Å². The predicted octanol–water partition coefficient (Wildman–Crippen LogP) is 2.46. The van der Waals surface area contributed by atoms with E-state index in [0.29, 0.717) is 5.92 Å². The van der Waals surface area contributed by atoms with Gasteiger partial charge in [0, 0.05) is 17.2 Å². The molecule has 1 aromatic rings. The van der Waals surface area contributed by atoms with Gasteiger partial charge in [0.2, 0.25) is 0 Å². The fourth-order valence-corrected chi connectivity index (χ4v) is 2.12. The van der Waals surface area contributed by atoms with E-state index in [-0.39, 0.29) is 0 Å². The summed E-state index contributed by atoms with van der Waals surface area (Å²) in [5.41, 5.74) is 2.33. The molecule has 0 unspecified atom stereocenters. The van der Waals surface area contributed by atoms with E-state index in [1.54, 1.807) is 0 Å². The molecule has 1 aromatic heterocycles. The standard InChI is InChI=1S/C12H17N3/c1-3-9-8-11(15-12(9)13-2)10-4-6-14-7-5-10/h3,8,10,14-15H,1-2,4-7H2. The first-order chi connectivity index (χ1) is 7.35. The molecule has 2 rings (SSSR count). The number of nitrogens with zero attached hydrogens (tertiary/aromatic N) is 1. The van der Waals surface area contributed by atoms with E-state index in [4.69, 9.17) is 0 Å². The van der Waals surface area contributed by atoms with Gasteiger partial charge >= 0.3 is 0 Å². The van der Waals surface area contributed by atoms with Gasteiger partial charge in [-0.3, -0.25) is 0 Å². The largest absolute Gasteiger partial charge is 0.343 e. The Balaban J connectivity index is 2.23. The number of hydrogen-bond donors (Lipinski definition) is 2. The van der Waals surface area contributed by atoms with Crippen LogP contribution in [0.4, 0.5) is 5.82 Å². The Kier molecular flexibility index (Phi) is 3.02. The summed E-state index contributed by atoms with van der Waals surface area (Å²) in [6, 6.07) is 2.15. The number of rotatable bonds is 3. The molecule has 1 fully saturated rings. The first kappa shape index (κ1) is 10.2. The molecule has 0 saturated carbocycles. The molecule has 1 aliphatic heterocycles. The Bertz CT molecular complexity index is 333. The SMILES string of the molecule is C=Cc1cc(C2CCNCC2)[nH]c1N=C. The lowest BCUT2D eigenvalue weighted by atomic mass is 9.94. The average Bonchev–Trinajstić information content (AvgIpc) is 2.73. The van der Waals surface area contributed by atoms with Crippen molar-refractivity contribution in [2.24, 2.45) is 4.99 Å². The zero-order chi connectivity index (χ0) is 10.7. The molecular formula is C12H17N3. The second-order valence-corrected chi connectivity index (χ2v) is 3.92. The van der Waals surface area contributed by atoms with Crippen LogP contribution in [-0.2, 0) is 0 Å². The summed E-state index contributed by atoms with van der Waals surface area (Å²) in [6.07, 6.45) is 4.20. The normalized spacial score (nSPS) is 17.6. The molecule has 0 atom stereocenters. The quantitative estimate of drug-likeness (QED) is 0.728. The van der Waals surface area contributed by atoms with Crippen molar-refractivity contribution in [2.45, 2.75) is 18.8 Å². The third kappa shape index (κ3) is 2.02. The number of aliphatic imine (C=N–C) groups is 1. The van der Waals surface area contributed by atoms with E-state index in [1.807, 2.05) is 6.08 Å². The molecule has 3 heteroatoms. The maximum atomic E-state index is 3.96. The Labute approximate surface area is 90.3 Å². The van der Waals surface area contributed by atoms with Gasteiger partial charge in [0.25, 0.3) is 0 Å². The number of H-pyrrole nitrogens is 1. The van der Waals surface area contributed by atoms with Gasteiger partial charge < -0.3 is 10.3 Å². The van der Waals surface area contributed by atoms with Gasteiger partial charge in [-0.25, -0.2) is 4.99 Å². The first-order valence-electron chi connectivity index (χ1n) is 5.38. The minimum absolute atomic E-state index is 0.625. The summed E-state index contributed by atoms with van der Waals surface area (Å²) in [5, 5.41) is 3.36. The van der Waals surface area contributed by atoms with Crippen molar-refractivity contribution in [2.75, 3.05) is 13.1 Å². The molecule has 2 N–H and O–H groups in total. The molecule has 1 aliphatic rings. The van der Waals surface area contributed by atoms with Crippen LogP contribution in [0.1, 0.15) is 30.0 Å². The van der Waals surface area contributed by atoms with Crippen LogP contribution in [0.25, 0.3) is 6.08 Å². The van der Waals surface area contributed by atoms with Crippen molar-refractivity contribution in [3.63, 3.8) is 0 Å². The Hall–Kier alpha value is -1.35. The van der Waals surface area contributed by atoms with E-state index in [9.17, 15) is 0 Å². The number of aromatic nitrogens is 1. The van der Waals surface area contributed by atoms with Crippen LogP contribution >= 0.6 is 0 Å². The molecule has 0 amide bonds. The van der Waals surface area contributed by atoms with Crippen molar-refractivity contribution < 1.29 is 0 Å². The van der Waals surface area contributed by atoms with Gasteiger partial charge in [-0.15, -0.1) is 0 Å². The van der Waals surface area contributed by atoms with Gasteiger partial charge in [-0.05, 0) is 38.7 Å². The minimum Gasteiger partial charge on any atom is -0.343 e. The fraction of sp³-hybridized carbons (Fsp3) is 0.417. The molecular weight excluding hydrogens is 186 g/mol. The van der Waals surface area contributed by atoms with Crippen LogP contribution in [0.2, 0.25) is 0 Å². The Morgan fingerprint density at radius 3 is 2.67 bits per heavy atom. The van der Waals surface area contributed by atoms with Gasteiger partial charge in [-0.1, -0.05) is 12.7 Å². The Morgan fingerprint density at radius 1 is 1.40 bits per heavy atom. The summed E-state index contributed by atoms with van der Waals surface area (Å²) in [7, 11) is 0. The zero-order valence-electron chi connectivity index (χ0n) is 8.92. The van der Waals surface area contributed by atoms with Crippen LogP contribution in [0.3, 0.4) is 0 Å². The van der Waals surface area contributed by atoms with Crippen LogP contribution in [0.5, 0.6) is 0 Å². The number of hydrogen-bond acceptors (Lipinski definition) is 2. The summed E-state index contributed by atoms with van der Waals surface area (Å²) < 4.78 is 0. The lowest BCUT2D eigenvalue weighted by molar-refractivity contribution is 0.454. The molecule has 0 spiro atoms. The van der Waals surface area contributed by atoms with Gasteiger partial charge in [-0.2, -0.15) is 0 Å². The highest BCUT2D eigenvalue weighted by molar-refractivity contribution is 5.63. The lowest BCUT2D eigenvalue weighted by Crippen LogP contribution is -2.26. The Morgan fingerprint density at radius 2 is 2.13 bits per heavy atom. The highest BCUT2D eigenvalue weighted by Gasteiger charge is 2.17. The summed E-state index contributed by atoms with van der Waals surface area (Å²) in [5.74, 6) is 1.47. The molecule has 1 saturated heterocycles. The minimum atomic E-state index is 0.625. The molecule has 0 radical (unpaired) electrons. The third-order valence-corrected chi connectivity index (χ3v) is 3.00. The third-order valence-electron chi connectivity index (χ3n) is 3.00. The molecule has 0 aromatic carbocycles. The smallest absolute Gasteiger partial charge is 0.136 e. The highest BCUT2D eigenvalue weighted by atomic mass is 14.9. The fourth-order valence-electron chi connectivity index (χ4n) is 2.12. The zero-order valence-corrected chi connectivity index (χ0v) is 8.92. The van der Waals surface area contributed by atoms with Gasteiger partial charge in [0.15, 0.2) is 0 Å². The molecule has 2 heterocycles. The number of aromatic amines is 1. The molecule has 80 valence electrons. The van der Waals surface area contributed by atoms with Crippen molar-refractivity contribution in [1.82, 2.24) is 10.3 Å². The van der Waals surface area contributed by atoms with Crippen LogP contribution in [0.15, 0.2) is 17.6 Å². The van der Waals surface area contributed by atoms with Crippen molar-refractivity contribution in [3.8, 4) is 0 Å². The maximum absolute atomic E-state index is 3.96. The highest BCUT2D eigenvalue weighted by Crippen LogP contribution is 2.29. The maximum Gasteiger partial charge on any atom is 0.136 e. The average molecular weight is 203 g/mol. The molecule has 0 aliphatic carbocycles. The van der Waals surface area contributed by atoms with Crippen molar-refractivity contribution >= 4 is 18.6 Å². The summed E-state index contributed by atoms with van der Waals surface area (Å²) in [6.45, 7) is 9.54. The van der Waals surface area contributed by atoms with Crippen LogP contribution in [0, 0.1) is 0 Å². The van der Waals surface area contributed by atoms with E-state index < -0.39 is 0 Å². The molecule has 0 bridgehead atoms. The number of nitrogens with one attached hydrogen (secondary N) is 2. The van der Waals surface area contributed by atoms with Gasteiger partial charge in [0.05, 0.1) is 0 Å². The summed E-state index contributed by atoms with van der Waals surface area (Å²) in [4.78, 5) is 7.29. The van der Waals surface area contributed by atoms with Crippen LogP contribution in [-0.4, -0.2) is 24.8 Å². The van der Waals surface area contributed by atoms with E-state index in [2.05, 4.69) is 34.7 Å².